The Bertz CT molecular complexity index is 1070. The molecule has 2 aromatic carbocycles. The van der Waals surface area contributed by atoms with E-state index >= 15 is 0 Å². The first kappa shape index (κ1) is 17.9. The van der Waals surface area contributed by atoms with Crippen molar-refractivity contribution in [2.24, 2.45) is 5.73 Å². The van der Waals surface area contributed by atoms with Crippen LogP contribution in [0.15, 0.2) is 48.5 Å². The van der Waals surface area contributed by atoms with Crippen molar-refractivity contribution < 1.29 is 9.59 Å². The van der Waals surface area contributed by atoms with E-state index in [0.717, 1.165) is 22.0 Å². The molecule has 3 N–H and O–H groups in total. The number of carbonyl (C=O) groups is 2. The van der Waals surface area contributed by atoms with Gasteiger partial charge in [-0.25, -0.2) is 0 Å². The van der Waals surface area contributed by atoms with Gasteiger partial charge < -0.3 is 15.5 Å². The number of nitrogens with one attached hydrogen (secondary N) is 1. The summed E-state index contributed by atoms with van der Waals surface area (Å²) in [6.45, 7) is 1.94. The first-order valence-electron chi connectivity index (χ1n) is 9.93. The minimum atomic E-state index is -0.881. The predicted octanol–water partition coefficient (Wildman–Crippen LogP) is 1.34. The molecule has 7 nitrogen and oxygen atoms in total. The van der Waals surface area contributed by atoms with Gasteiger partial charge in [0.2, 0.25) is 5.91 Å². The Morgan fingerprint density at radius 3 is 2.17 bits per heavy atom. The molecule has 1 aromatic heterocycles. The van der Waals surface area contributed by atoms with E-state index in [0.29, 0.717) is 44.7 Å². The Kier molecular flexibility index (Phi) is 4.13. The van der Waals surface area contributed by atoms with Gasteiger partial charge >= 0.3 is 0 Å². The second kappa shape index (κ2) is 6.70. The molecule has 0 unspecified atom stereocenters. The lowest BCUT2D eigenvalue weighted by Gasteiger charge is -2.38. The van der Waals surface area contributed by atoms with Crippen LogP contribution in [0.1, 0.15) is 21.6 Å². The van der Waals surface area contributed by atoms with Crippen LogP contribution >= 0.6 is 0 Å². The Hall–Kier alpha value is -3.19. The smallest absolute Gasteiger partial charge is 0.275 e. The molecule has 1 aliphatic heterocycles. The zero-order valence-electron chi connectivity index (χ0n) is 16.1. The number of piperazine rings is 1. The summed E-state index contributed by atoms with van der Waals surface area (Å²) in [7, 11) is 0. The van der Waals surface area contributed by atoms with Gasteiger partial charge in [0, 0.05) is 31.6 Å². The van der Waals surface area contributed by atoms with Crippen molar-refractivity contribution in [2.45, 2.75) is 18.4 Å². The maximum absolute atomic E-state index is 13.2. The monoisotopic (exact) mass is 389 g/mol. The highest BCUT2D eigenvalue weighted by Gasteiger charge is 2.43. The van der Waals surface area contributed by atoms with E-state index in [1.165, 1.54) is 0 Å². The number of aromatic nitrogens is 2. The van der Waals surface area contributed by atoms with Gasteiger partial charge in [0.05, 0.1) is 5.52 Å². The first-order valence-corrected chi connectivity index (χ1v) is 9.93. The van der Waals surface area contributed by atoms with Gasteiger partial charge in [0.25, 0.3) is 5.91 Å². The fraction of sp³-hybridized carbons (Fsp3) is 0.318. The molecular formula is C22H23N5O2. The highest BCUT2D eigenvalue weighted by molar-refractivity contribution is 6.04. The summed E-state index contributed by atoms with van der Waals surface area (Å²) in [5.74, 6) is -0.128. The Balaban J connectivity index is 1.26. The van der Waals surface area contributed by atoms with Gasteiger partial charge in [-0.3, -0.25) is 14.7 Å². The number of nitrogens with two attached hydrogens (primary N) is 1. The summed E-state index contributed by atoms with van der Waals surface area (Å²) < 4.78 is 0. The number of amides is 2. The Morgan fingerprint density at radius 2 is 1.48 bits per heavy atom. The van der Waals surface area contributed by atoms with Crippen LogP contribution in [0, 0.1) is 0 Å². The van der Waals surface area contributed by atoms with Crippen molar-refractivity contribution in [1.82, 2.24) is 20.0 Å². The topological polar surface area (TPSA) is 95.3 Å². The van der Waals surface area contributed by atoms with Crippen molar-refractivity contribution >= 4 is 22.7 Å². The van der Waals surface area contributed by atoms with Crippen molar-refractivity contribution in [3.05, 3.63) is 65.4 Å². The standard InChI is InChI=1S/C22H23N5O2/c23-22(13-15-5-1-2-6-16(15)14-22)21(29)27-11-9-26(10-12-27)20(28)19-17-7-3-4-8-18(17)24-25-19/h1-8H,9-14,23H2,(H,24,25). The SMILES string of the molecule is NC1(C(=O)N2CCN(C(=O)c3n[nH]c4ccccc34)CC2)Cc2ccccc2C1. The quantitative estimate of drug-likeness (QED) is 0.692. The van der Waals surface area contributed by atoms with Gasteiger partial charge in [-0.1, -0.05) is 42.5 Å². The third-order valence-electron chi connectivity index (χ3n) is 6.08. The molecule has 1 saturated heterocycles. The summed E-state index contributed by atoms with van der Waals surface area (Å²) in [4.78, 5) is 29.7. The second-order valence-electron chi connectivity index (χ2n) is 7.98. The van der Waals surface area contributed by atoms with Crippen LogP contribution in [0.5, 0.6) is 0 Å². The number of hydrogen-bond acceptors (Lipinski definition) is 4. The lowest BCUT2D eigenvalue weighted by molar-refractivity contribution is -0.138. The summed E-state index contributed by atoms with van der Waals surface area (Å²) in [5, 5.41) is 7.93. The molecule has 2 aliphatic rings. The Labute approximate surface area is 168 Å². The maximum atomic E-state index is 13.2. The van der Waals surface area contributed by atoms with Crippen LogP contribution in [0.2, 0.25) is 0 Å². The zero-order chi connectivity index (χ0) is 20.0. The molecule has 5 rings (SSSR count). The molecule has 7 heteroatoms. The number of rotatable bonds is 2. The summed E-state index contributed by atoms with van der Waals surface area (Å²) in [5.41, 5.74) is 9.24. The van der Waals surface area contributed by atoms with Crippen molar-refractivity contribution in [2.75, 3.05) is 26.2 Å². The number of aromatic amines is 1. The summed E-state index contributed by atoms with van der Waals surface area (Å²) in [6, 6.07) is 15.6. The van der Waals surface area contributed by atoms with Crippen molar-refractivity contribution in [3.63, 3.8) is 0 Å². The van der Waals surface area contributed by atoms with E-state index in [1.807, 2.05) is 48.5 Å². The molecule has 2 amide bonds. The maximum Gasteiger partial charge on any atom is 0.275 e. The second-order valence-corrected chi connectivity index (χ2v) is 7.98. The third-order valence-corrected chi connectivity index (χ3v) is 6.08. The van der Waals surface area contributed by atoms with E-state index < -0.39 is 5.54 Å². The van der Waals surface area contributed by atoms with Crippen LogP contribution in [0.25, 0.3) is 10.9 Å². The van der Waals surface area contributed by atoms with Gasteiger partial charge in [-0.2, -0.15) is 5.10 Å². The number of hydrogen-bond donors (Lipinski definition) is 2. The van der Waals surface area contributed by atoms with E-state index in [4.69, 9.17) is 5.73 Å². The predicted molar refractivity (Wildman–Crippen MR) is 109 cm³/mol. The zero-order valence-corrected chi connectivity index (χ0v) is 16.1. The number of fused-ring (bicyclic) bond motifs is 2. The number of para-hydroxylation sites is 1. The lowest BCUT2D eigenvalue weighted by Crippen LogP contribution is -2.60. The molecule has 0 radical (unpaired) electrons. The van der Waals surface area contributed by atoms with Crippen LogP contribution in [-0.4, -0.2) is 63.5 Å². The summed E-state index contributed by atoms with van der Waals surface area (Å²) in [6.07, 6.45) is 1.14. The fourth-order valence-corrected chi connectivity index (χ4v) is 4.50. The molecule has 0 atom stereocenters. The highest BCUT2D eigenvalue weighted by atomic mass is 16.2. The average Bonchev–Trinajstić information content (AvgIpc) is 3.34. The van der Waals surface area contributed by atoms with Gasteiger partial charge in [0.15, 0.2) is 5.69 Å². The average molecular weight is 389 g/mol. The van der Waals surface area contributed by atoms with Crippen LogP contribution < -0.4 is 5.73 Å². The Morgan fingerprint density at radius 1 is 0.897 bits per heavy atom. The van der Waals surface area contributed by atoms with Crippen molar-refractivity contribution in [3.8, 4) is 0 Å². The fourth-order valence-electron chi connectivity index (χ4n) is 4.50. The molecule has 0 saturated carbocycles. The van der Waals surface area contributed by atoms with E-state index in [9.17, 15) is 9.59 Å². The van der Waals surface area contributed by atoms with Crippen LogP contribution in [-0.2, 0) is 17.6 Å². The molecular weight excluding hydrogens is 366 g/mol. The number of nitrogens with zero attached hydrogens (tertiary/aromatic N) is 3. The number of carbonyl (C=O) groups excluding carboxylic acids is 2. The molecule has 0 bridgehead atoms. The van der Waals surface area contributed by atoms with Gasteiger partial charge in [-0.15, -0.1) is 0 Å². The molecule has 2 heterocycles. The highest BCUT2D eigenvalue weighted by Crippen LogP contribution is 2.30. The van der Waals surface area contributed by atoms with E-state index in [2.05, 4.69) is 10.2 Å². The largest absolute Gasteiger partial charge is 0.338 e. The van der Waals surface area contributed by atoms with E-state index in [1.54, 1.807) is 9.80 Å². The third kappa shape index (κ3) is 2.98. The molecule has 1 aliphatic carbocycles. The van der Waals surface area contributed by atoms with E-state index in [-0.39, 0.29) is 11.8 Å². The van der Waals surface area contributed by atoms with Gasteiger partial charge in [-0.05, 0) is 30.0 Å². The molecule has 148 valence electrons. The normalized spacial score (nSPS) is 18.1. The first-order chi connectivity index (χ1) is 14.0. The van der Waals surface area contributed by atoms with Crippen molar-refractivity contribution in [1.29, 1.82) is 0 Å². The molecule has 3 aromatic rings. The lowest BCUT2D eigenvalue weighted by atomic mass is 9.94. The number of benzene rings is 2. The molecule has 1 fully saturated rings. The minimum Gasteiger partial charge on any atom is -0.338 e. The minimum absolute atomic E-state index is 0.0222. The molecule has 29 heavy (non-hydrogen) atoms. The van der Waals surface area contributed by atoms with Gasteiger partial charge in [0.1, 0.15) is 5.54 Å². The number of H-pyrrole nitrogens is 1. The molecule has 0 spiro atoms. The van der Waals surface area contributed by atoms with Crippen LogP contribution in [0.3, 0.4) is 0 Å². The summed E-state index contributed by atoms with van der Waals surface area (Å²) >= 11 is 0. The van der Waals surface area contributed by atoms with Crippen LogP contribution in [0.4, 0.5) is 0 Å².